The van der Waals surface area contributed by atoms with E-state index < -0.39 is 0 Å². The van der Waals surface area contributed by atoms with E-state index in [2.05, 4.69) is 10.6 Å². The molecule has 0 bridgehead atoms. The summed E-state index contributed by atoms with van der Waals surface area (Å²) in [4.78, 5) is 11.9. The molecule has 2 saturated carbocycles. The van der Waals surface area contributed by atoms with Crippen LogP contribution in [0.4, 0.5) is 4.79 Å². The van der Waals surface area contributed by atoms with Crippen molar-refractivity contribution in [3.63, 3.8) is 0 Å². The van der Waals surface area contributed by atoms with Gasteiger partial charge in [0.05, 0.1) is 6.10 Å². The van der Waals surface area contributed by atoms with E-state index in [1.165, 1.54) is 19.3 Å². The number of nitrogens with one attached hydrogen (secondary N) is 2. The second-order valence-corrected chi connectivity index (χ2v) is 6.85. The number of ether oxygens (including phenoxy) is 1. The van der Waals surface area contributed by atoms with Gasteiger partial charge in [-0.2, -0.15) is 0 Å². The van der Waals surface area contributed by atoms with Gasteiger partial charge in [-0.1, -0.05) is 12.8 Å². The summed E-state index contributed by atoms with van der Waals surface area (Å²) in [6, 6.07) is -0.0706. The average molecular weight is 298 g/mol. The Kier molecular flexibility index (Phi) is 6.30. The molecule has 0 heterocycles. The quantitative estimate of drug-likeness (QED) is 0.673. The molecule has 5 heteroatoms. The van der Waals surface area contributed by atoms with Crippen molar-refractivity contribution >= 4 is 6.03 Å². The minimum Gasteiger partial charge on any atom is -0.393 e. The van der Waals surface area contributed by atoms with Crippen molar-refractivity contribution in [2.45, 2.75) is 57.5 Å². The summed E-state index contributed by atoms with van der Waals surface area (Å²) in [5.41, 5.74) is 0.258. The van der Waals surface area contributed by atoms with Crippen LogP contribution in [-0.4, -0.2) is 44.0 Å². The summed E-state index contributed by atoms with van der Waals surface area (Å²) in [6.45, 7) is 2.19. The summed E-state index contributed by atoms with van der Waals surface area (Å²) in [5, 5.41) is 15.6. The molecule has 2 fully saturated rings. The number of amides is 2. The molecule has 0 saturated heterocycles. The van der Waals surface area contributed by atoms with Crippen LogP contribution < -0.4 is 10.6 Å². The van der Waals surface area contributed by atoms with Crippen LogP contribution >= 0.6 is 0 Å². The Balaban J connectivity index is 1.62. The van der Waals surface area contributed by atoms with Gasteiger partial charge in [-0.15, -0.1) is 0 Å². The van der Waals surface area contributed by atoms with E-state index in [0.717, 1.165) is 45.3 Å². The molecule has 122 valence electrons. The number of aliphatic hydroxyl groups excluding tert-OH is 1. The van der Waals surface area contributed by atoms with Gasteiger partial charge in [-0.05, 0) is 49.9 Å². The second kappa shape index (κ2) is 7.99. The molecule has 0 aromatic carbocycles. The van der Waals surface area contributed by atoms with E-state index in [9.17, 15) is 9.90 Å². The Labute approximate surface area is 127 Å². The van der Waals surface area contributed by atoms with Crippen molar-refractivity contribution in [1.82, 2.24) is 10.6 Å². The van der Waals surface area contributed by atoms with Crippen LogP contribution in [0, 0.1) is 11.3 Å². The first-order valence-corrected chi connectivity index (χ1v) is 8.32. The van der Waals surface area contributed by atoms with Gasteiger partial charge in [-0.3, -0.25) is 0 Å². The number of aliphatic hydroxyl groups is 1. The molecule has 0 aromatic rings. The van der Waals surface area contributed by atoms with E-state index in [1.807, 2.05) is 0 Å². The fraction of sp³-hybridized carbons (Fsp3) is 0.938. The van der Waals surface area contributed by atoms with Gasteiger partial charge >= 0.3 is 6.03 Å². The average Bonchev–Trinajstić information content (AvgIpc) is 2.44. The Bertz CT molecular complexity index is 331. The lowest BCUT2D eigenvalue weighted by atomic mass is 9.67. The minimum atomic E-state index is -0.180. The number of carbonyl (C=O) groups is 1. The minimum absolute atomic E-state index is 0.0706. The zero-order valence-electron chi connectivity index (χ0n) is 13.2. The molecule has 0 radical (unpaired) electrons. The number of hydrogen-bond acceptors (Lipinski definition) is 3. The number of urea groups is 1. The number of hydrogen-bond donors (Lipinski definition) is 3. The molecule has 3 N–H and O–H groups in total. The van der Waals surface area contributed by atoms with E-state index in [4.69, 9.17) is 4.74 Å². The zero-order valence-corrected chi connectivity index (χ0v) is 13.2. The van der Waals surface area contributed by atoms with Crippen LogP contribution in [0.1, 0.15) is 51.4 Å². The maximum absolute atomic E-state index is 11.9. The van der Waals surface area contributed by atoms with Gasteiger partial charge in [-0.25, -0.2) is 4.79 Å². The summed E-state index contributed by atoms with van der Waals surface area (Å²) < 4.78 is 5.16. The highest BCUT2D eigenvalue weighted by molar-refractivity contribution is 5.73. The number of carbonyl (C=O) groups excluding carboxylic acids is 1. The number of methoxy groups -OCH3 is 1. The van der Waals surface area contributed by atoms with Crippen molar-refractivity contribution in [3.8, 4) is 0 Å². The van der Waals surface area contributed by atoms with Crippen molar-refractivity contribution in [3.05, 3.63) is 0 Å². The summed E-state index contributed by atoms with van der Waals surface area (Å²) in [6.07, 6.45) is 8.37. The Hall–Kier alpha value is -0.810. The van der Waals surface area contributed by atoms with Gasteiger partial charge in [0, 0.05) is 26.8 Å². The van der Waals surface area contributed by atoms with Crippen LogP contribution in [0.2, 0.25) is 0 Å². The van der Waals surface area contributed by atoms with Crippen LogP contribution in [0.3, 0.4) is 0 Å². The lowest BCUT2D eigenvalue weighted by molar-refractivity contribution is 0.0709. The van der Waals surface area contributed by atoms with Gasteiger partial charge in [0.1, 0.15) is 0 Å². The van der Waals surface area contributed by atoms with Crippen LogP contribution in [0.5, 0.6) is 0 Å². The third-order valence-electron chi connectivity index (χ3n) is 5.18. The van der Waals surface area contributed by atoms with Crippen molar-refractivity contribution in [1.29, 1.82) is 0 Å². The lowest BCUT2D eigenvalue weighted by Crippen LogP contribution is -2.47. The molecule has 0 aromatic heterocycles. The van der Waals surface area contributed by atoms with Crippen molar-refractivity contribution in [2.24, 2.45) is 11.3 Å². The second-order valence-electron chi connectivity index (χ2n) is 6.85. The molecule has 2 unspecified atom stereocenters. The Morgan fingerprint density at radius 3 is 2.71 bits per heavy atom. The molecule has 2 atom stereocenters. The maximum atomic E-state index is 11.9. The van der Waals surface area contributed by atoms with Gasteiger partial charge < -0.3 is 20.5 Å². The Morgan fingerprint density at radius 2 is 2.10 bits per heavy atom. The molecule has 5 nitrogen and oxygen atoms in total. The number of rotatable bonds is 7. The topological polar surface area (TPSA) is 70.6 Å². The highest BCUT2D eigenvalue weighted by atomic mass is 16.5. The highest BCUT2D eigenvalue weighted by Gasteiger charge is 2.36. The van der Waals surface area contributed by atoms with E-state index in [1.54, 1.807) is 7.11 Å². The summed E-state index contributed by atoms with van der Waals surface area (Å²) in [5.74, 6) is 0.422. The largest absolute Gasteiger partial charge is 0.393 e. The molecule has 2 aliphatic rings. The monoisotopic (exact) mass is 298 g/mol. The molecule has 2 rings (SSSR count). The first kappa shape index (κ1) is 16.6. The first-order valence-electron chi connectivity index (χ1n) is 8.32. The molecular weight excluding hydrogens is 268 g/mol. The van der Waals surface area contributed by atoms with Crippen molar-refractivity contribution < 1.29 is 14.6 Å². The van der Waals surface area contributed by atoms with Crippen molar-refractivity contribution in [2.75, 3.05) is 26.8 Å². The third-order valence-corrected chi connectivity index (χ3v) is 5.18. The molecule has 21 heavy (non-hydrogen) atoms. The summed E-state index contributed by atoms with van der Waals surface area (Å²) in [7, 11) is 1.73. The third kappa shape index (κ3) is 5.15. The van der Waals surface area contributed by atoms with Gasteiger partial charge in [0.2, 0.25) is 0 Å². The molecule has 2 aliphatic carbocycles. The fourth-order valence-electron chi connectivity index (χ4n) is 3.53. The molecule has 2 amide bonds. The van der Waals surface area contributed by atoms with E-state index in [-0.39, 0.29) is 17.6 Å². The molecule has 0 spiro atoms. The zero-order chi connectivity index (χ0) is 15.1. The first-order chi connectivity index (χ1) is 10.1. The molecule has 0 aliphatic heterocycles. The summed E-state index contributed by atoms with van der Waals surface area (Å²) >= 11 is 0. The fourth-order valence-corrected chi connectivity index (χ4v) is 3.53. The predicted molar refractivity (Wildman–Crippen MR) is 82.1 cm³/mol. The molecular formula is C16H30N2O3. The smallest absolute Gasteiger partial charge is 0.314 e. The van der Waals surface area contributed by atoms with Gasteiger partial charge in [0.25, 0.3) is 0 Å². The van der Waals surface area contributed by atoms with E-state index in [0.29, 0.717) is 12.5 Å². The highest BCUT2D eigenvalue weighted by Crippen LogP contribution is 2.43. The Morgan fingerprint density at radius 1 is 1.29 bits per heavy atom. The standard InChI is InChI=1S/C16H30N2O3/c1-21-9-8-16(6-3-7-16)12-18-15(20)17-11-13-4-2-5-14(19)10-13/h13-14,19H,2-12H2,1H3,(H2,17,18,20). The van der Waals surface area contributed by atoms with E-state index >= 15 is 0 Å². The van der Waals surface area contributed by atoms with Crippen LogP contribution in [0.15, 0.2) is 0 Å². The van der Waals surface area contributed by atoms with Crippen LogP contribution in [0.25, 0.3) is 0 Å². The SMILES string of the molecule is COCCC1(CNC(=O)NCC2CCCC(O)C2)CCC1. The van der Waals surface area contributed by atoms with Crippen LogP contribution in [-0.2, 0) is 4.74 Å². The lowest BCUT2D eigenvalue weighted by Gasteiger charge is -2.42. The van der Waals surface area contributed by atoms with Gasteiger partial charge in [0.15, 0.2) is 0 Å². The maximum Gasteiger partial charge on any atom is 0.314 e. The predicted octanol–water partition coefficient (Wildman–Crippen LogP) is 2.04. The normalized spacial score (nSPS) is 27.7.